The molecule has 0 unspecified atom stereocenters. The van der Waals surface area contributed by atoms with Crippen LogP contribution >= 0.6 is 0 Å². The van der Waals surface area contributed by atoms with Gasteiger partial charge in [0.15, 0.2) is 0 Å². The van der Waals surface area contributed by atoms with Gasteiger partial charge in [0.05, 0.1) is 40.0 Å². The lowest BCUT2D eigenvalue weighted by atomic mass is 10.2. The highest BCUT2D eigenvalue weighted by Crippen LogP contribution is 2.30. The molecule has 0 atom stereocenters. The first-order valence-corrected chi connectivity index (χ1v) is 10.9. The van der Waals surface area contributed by atoms with Crippen molar-refractivity contribution in [1.82, 2.24) is 29.6 Å². The standard InChI is InChI=1S/C25H21N7O2/c1-16-21(14-29-32(16)18-5-3-2-4-6-18)30-25(33)31-10-9-17-11-19(7-8-23(17)31)34-24-20-12-26-13-22(20)27-15-28-24/h2-11,14-15,26H,12-13H2,1H3,(H,30,33). The minimum Gasteiger partial charge on any atom is -0.439 e. The van der Waals surface area contributed by atoms with Gasteiger partial charge in [-0.25, -0.2) is 19.4 Å². The summed E-state index contributed by atoms with van der Waals surface area (Å²) in [7, 11) is 0. The Hall–Kier alpha value is -4.50. The van der Waals surface area contributed by atoms with Gasteiger partial charge in [-0.2, -0.15) is 5.10 Å². The van der Waals surface area contributed by atoms with Gasteiger partial charge in [-0.05, 0) is 43.3 Å². The van der Waals surface area contributed by atoms with Crippen LogP contribution in [0.1, 0.15) is 17.0 Å². The lowest BCUT2D eigenvalue weighted by Crippen LogP contribution is -2.18. The molecule has 0 spiro atoms. The lowest BCUT2D eigenvalue weighted by Gasteiger charge is -2.10. The Kier molecular flexibility index (Phi) is 4.81. The Morgan fingerprint density at radius 1 is 1.09 bits per heavy atom. The van der Waals surface area contributed by atoms with Gasteiger partial charge in [0.2, 0.25) is 5.88 Å². The molecule has 1 aliphatic rings. The molecule has 4 heterocycles. The summed E-state index contributed by atoms with van der Waals surface area (Å²) in [5.74, 6) is 1.20. The van der Waals surface area contributed by atoms with Gasteiger partial charge in [-0.3, -0.25) is 4.57 Å². The van der Waals surface area contributed by atoms with Crippen molar-refractivity contribution in [3.63, 3.8) is 0 Å². The molecule has 9 heteroatoms. The Labute approximate surface area is 195 Å². The van der Waals surface area contributed by atoms with E-state index in [2.05, 4.69) is 25.7 Å². The molecule has 1 aliphatic heterocycles. The van der Waals surface area contributed by atoms with Crippen molar-refractivity contribution < 1.29 is 9.53 Å². The number of nitrogens with one attached hydrogen (secondary N) is 2. The molecule has 0 saturated carbocycles. The van der Waals surface area contributed by atoms with E-state index in [9.17, 15) is 4.79 Å². The molecule has 0 saturated heterocycles. The van der Waals surface area contributed by atoms with E-state index in [1.54, 1.807) is 21.6 Å². The molecule has 0 bridgehead atoms. The topological polar surface area (TPSA) is 98.9 Å². The third kappa shape index (κ3) is 3.48. The van der Waals surface area contributed by atoms with E-state index >= 15 is 0 Å². The molecule has 0 fully saturated rings. The first-order valence-electron chi connectivity index (χ1n) is 10.9. The molecule has 1 amide bonds. The van der Waals surface area contributed by atoms with Crippen LogP contribution in [0.4, 0.5) is 10.5 Å². The van der Waals surface area contributed by atoms with Crippen molar-refractivity contribution in [1.29, 1.82) is 0 Å². The van der Waals surface area contributed by atoms with Crippen LogP contribution in [0.3, 0.4) is 0 Å². The van der Waals surface area contributed by atoms with Crippen LogP contribution in [0.2, 0.25) is 0 Å². The highest BCUT2D eigenvalue weighted by molar-refractivity contribution is 5.99. The number of para-hydroxylation sites is 1. The molecule has 2 aromatic carbocycles. The molecule has 0 radical (unpaired) electrons. The fourth-order valence-corrected chi connectivity index (χ4v) is 4.16. The van der Waals surface area contributed by atoms with Gasteiger partial charge in [0.25, 0.3) is 0 Å². The van der Waals surface area contributed by atoms with E-state index in [1.807, 2.05) is 61.5 Å². The number of ether oxygens (including phenoxy) is 1. The molecule has 168 valence electrons. The minimum absolute atomic E-state index is 0.265. The molecule has 34 heavy (non-hydrogen) atoms. The van der Waals surface area contributed by atoms with Gasteiger partial charge in [-0.1, -0.05) is 18.2 Å². The second-order valence-corrected chi connectivity index (χ2v) is 8.04. The minimum atomic E-state index is -0.265. The van der Waals surface area contributed by atoms with Gasteiger partial charge in [0, 0.05) is 24.7 Å². The Morgan fingerprint density at radius 3 is 2.85 bits per heavy atom. The summed E-state index contributed by atoms with van der Waals surface area (Å²) >= 11 is 0. The number of carbonyl (C=O) groups is 1. The third-order valence-corrected chi connectivity index (χ3v) is 5.94. The maximum absolute atomic E-state index is 13.1. The number of nitrogens with zero attached hydrogens (tertiary/aromatic N) is 5. The van der Waals surface area contributed by atoms with Gasteiger partial charge in [0.1, 0.15) is 12.1 Å². The summed E-state index contributed by atoms with van der Waals surface area (Å²) in [5.41, 5.74) is 5.14. The molecular formula is C25H21N7O2. The molecule has 2 N–H and O–H groups in total. The number of hydrogen-bond donors (Lipinski definition) is 2. The molecule has 9 nitrogen and oxygen atoms in total. The first-order chi connectivity index (χ1) is 16.7. The lowest BCUT2D eigenvalue weighted by molar-refractivity contribution is 0.254. The zero-order valence-corrected chi connectivity index (χ0v) is 18.4. The zero-order valence-electron chi connectivity index (χ0n) is 18.4. The number of fused-ring (bicyclic) bond motifs is 2. The molecule has 3 aromatic heterocycles. The number of amides is 1. The van der Waals surface area contributed by atoms with Crippen LogP contribution in [0, 0.1) is 6.92 Å². The Morgan fingerprint density at radius 2 is 1.97 bits per heavy atom. The van der Waals surface area contributed by atoms with Gasteiger partial charge >= 0.3 is 6.03 Å². The number of hydrogen-bond acceptors (Lipinski definition) is 6. The average Bonchev–Trinajstić information content (AvgIpc) is 3.59. The highest BCUT2D eigenvalue weighted by Gasteiger charge is 2.19. The summed E-state index contributed by atoms with van der Waals surface area (Å²) < 4.78 is 9.42. The van der Waals surface area contributed by atoms with Crippen molar-refractivity contribution in [2.24, 2.45) is 0 Å². The Balaban J connectivity index is 1.24. The van der Waals surface area contributed by atoms with Crippen LogP contribution in [0.5, 0.6) is 11.6 Å². The van der Waals surface area contributed by atoms with E-state index < -0.39 is 0 Å². The summed E-state index contributed by atoms with van der Waals surface area (Å²) in [6.45, 7) is 3.33. The number of anilines is 1. The summed E-state index contributed by atoms with van der Waals surface area (Å²) in [4.78, 5) is 21.6. The van der Waals surface area contributed by atoms with Crippen molar-refractivity contribution in [2.45, 2.75) is 20.0 Å². The van der Waals surface area contributed by atoms with Crippen LogP contribution < -0.4 is 15.4 Å². The third-order valence-electron chi connectivity index (χ3n) is 5.94. The van der Waals surface area contributed by atoms with Crippen molar-refractivity contribution in [2.75, 3.05) is 5.32 Å². The first kappa shape index (κ1) is 20.1. The second kappa shape index (κ2) is 8.13. The van der Waals surface area contributed by atoms with E-state index in [0.29, 0.717) is 23.9 Å². The fourth-order valence-electron chi connectivity index (χ4n) is 4.16. The molecule has 5 aromatic rings. The van der Waals surface area contributed by atoms with Crippen molar-refractivity contribution in [3.8, 4) is 17.3 Å². The summed E-state index contributed by atoms with van der Waals surface area (Å²) in [5, 5.41) is 11.5. The second-order valence-electron chi connectivity index (χ2n) is 8.04. The summed E-state index contributed by atoms with van der Waals surface area (Å²) in [6.07, 6.45) is 4.92. The predicted octanol–water partition coefficient (Wildman–Crippen LogP) is 4.40. The van der Waals surface area contributed by atoms with E-state index in [0.717, 1.165) is 40.1 Å². The van der Waals surface area contributed by atoms with Gasteiger partial charge in [-0.15, -0.1) is 0 Å². The van der Waals surface area contributed by atoms with E-state index in [4.69, 9.17) is 4.74 Å². The fraction of sp³-hybridized carbons (Fsp3) is 0.120. The SMILES string of the molecule is Cc1c(NC(=O)n2ccc3cc(Oc4ncnc5c4CNC5)ccc32)cnn1-c1ccccc1. The summed E-state index contributed by atoms with van der Waals surface area (Å²) in [6, 6.07) is 17.0. The maximum Gasteiger partial charge on any atom is 0.330 e. The molecule has 6 rings (SSSR count). The largest absolute Gasteiger partial charge is 0.439 e. The zero-order chi connectivity index (χ0) is 23.1. The maximum atomic E-state index is 13.1. The molecular weight excluding hydrogens is 430 g/mol. The molecule has 0 aliphatic carbocycles. The van der Waals surface area contributed by atoms with Gasteiger partial charge < -0.3 is 15.4 Å². The Bertz CT molecular complexity index is 1520. The average molecular weight is 451 g/mol. The van der Waals surface area contributed by atoms with Crippen LogP contribution in [0.25, 0.3) is 16.6 Å². The highest BCUT2D eigenvalue weighted by atomic mass is 16.5. The van der Waals surface area contributed by atoms with Crippen molar-refractivity contribution >= 4 is 22.6 Å². The van der Waals surface area contributed by atoms with Crippen LogP contribution in [0.15, 0.2) is 73.3 Å². The van der Waals surface area contributed by atoms with Crippen LogP contribution in [-0.4, -0.2) is 30.3 Å². The monoisotopic (exact) mass is 451 g/mol. The number of rotatable bonds is 4. The van der Waals surface area contributed by atoms with Crippen LogP contribution in [-0.2, 0) is 13.1 Å². The quantitative estimate of drug-likeness (QED) is 0.420. The van der Waals surface area contributed by atoms with E-state index in [1.165, 1.54) is 6.33 Å². The number of carbonyl (C=O) groups excluding carboxylic acids is 1. The smallest absolute Gasteiger partial charge is 0.330 e. The number of aromatic nitrogens is 5. The predicted molar refractivity (Wildman–Crippen MR) is 127 cm³/mol. The number of benzene rings is 2. The van der Waals surface area contributed by atoms with E-state index in [-0.39, 0.29) is 6.03 Å². The normalized spacial score (nSPS) is 12.6. The van der Waals surface area contributed by atoms with Crippen molar-refractivity contribution in [3.05, 3.63) is 90.3 Å².